The van der Waals surface area contributed by atoms with Crippen LogP contribution in [0.1, 0.15) is 52.1 Å². The van der Waals surface area contributed by atoms with Gasteiger partial charge in [0.05, 0.1) is 23.1 Å². The van der Waals surface area contributed by atoms with E-state index in [-0.39, 0.29) is 5.69 Å². The molecule has 0 saturated heterocycles. The van der Waals surface area contributed by atoms with Crippen molar-refractivity contribution >= 4 is 44.3 Å². The zero-order chi connectivity index (χ0) is 27.2. The molecule has 37 heavy (non-hydrogen) atoms. The molecule has 0 saturated carbocycles. The van der Waals surface area contributed by atoms with E-state index >= 15 is 0 Å². The third-order valence-corrected chi connectivity index (χ3v) is 5.80. The summed E-state index contributed by atoms with van der Waals surface area (Å²) in [5.74, 6) is 0.0146. The first-order valence-corrected chi connectivity index (χ1v) is 12.6. The van der Waals surface area contributed by atoms with E-state index in [1.807, 2.05) is 6.07 Å². The van der Waals surface area contributed by atoms with Crippen molar-refractivity contribution in [2.45, 2.75) is 52.2 Å². The normalized spacial score (nSPS) is 12.2. The number of anilines is 1. The summed E-state index contributed by atoms with van der Waals surface area (Å²) < 4.78 is 25.9. The molecule has 11 heteroatoms. The highest BCUT2D eigenvalue weighted by molar-refractivity contribution is 9.10. The number of pyridine rings is 1. The van der Waals surface area contributed by atoms with Crippen molar-refractivity contribution in [3.05, 3.63) is 68.6 Å². The summed E-state index contributed by atoms with van der Waals surface area (Å²) in [5, 5.41) is 18.0. The van der Waals surface area contributed by atoms with Crippen LogP contribution < -0.4 is 15.4 Å². The summed E-state index contributed by atoms with van der Waals surface area (Å²) >= 11 is 3.40. The highest BCUT2D eigenvalue weighted by Crippen LogP contribution is 2.33. The molecule has 198 valence electrons. The van der Waals surface area contributed by atoms with Gasteiger partial charge in [-0.05, 0) is 76.9 Å². The van der Waals surface area contributed by atoms with Crippen LogP contribution >= 0.6 is 15.9 Å². The van der Waals surface area contributed by atoms with Crippen molar-refractivity contribution in [1.29, 1.82) is 0 Å². The molecule has 0 aliphatic heterocycles. The van der Waals surface area contributed by atoms with Crippen molar-refractivity contribution in [2.24, 2.45) is 0 Å². The molecular weight excluding hydrogens is 547 g/mol. The van der Waals surface area contributed by atoms with Gasteiger partial charge < -0.3 is 20.1 Å². The number of carbonyl (C=O) groups excluding carboxylic acids is 1. The Morgan fingerprint density at radius 2 is 1.97 bits per heavy atom. The van der Waals surface area contributed by atoms with Crippen LogP contribution in [0.4, 0.5) is 20.6 Å². The van der Waals surface area contributed by atoms with Gasteiger partial charge in [0.1, 0.15) is 29.1 Å². The molecular formula is C26H30BrFN4O5. The smallest absolute Gasteiger partial charge is 0.408 e. The molecule has 9 nitrogen and oxygen atoms in total. The van der Waals surface area contributed by atoms with Gasteiger partial charge in [-0.3, -0.25) is 10.1 Å². The van der Waals surface area contributed by atoms with Gasteiger partial charge in [-0.2, -0.15) is 0 Å². The van der Waals surface area contributed by atoms with E-state index < -0.39 is 28.5 Å². The summed E-state index contributed by atoms with van der Waals surface area (Å²) in [6.45, 7) is 7.82. The number of halogens is 2. The largest absolute Gasteiger partial charge is 0.493 e. The Labute approximate surface area is 223 Å². The molecule has 2 N–H and O–H groups in total. The summed E-state index contributed by atoms with van der Waals surface area (Å²) in [6.07, 6.45) is 1.95. The number of carbonyl (C=O) groups is 1. The van der Waals surface area contributed by atoms with Crippen LogP contribution in [-0.4, -0.2) is 34.8 Å². The van der Waals surface area contributed by atoms with Crippen LogP contribution in [0.5, 0.6) is 5.75 Å². The van der Waals surface area contributed by atoms with Crippen LogP contribution in [-0.2, 0) is 4.74 Å². The maximum atomic E-state index is 13.9. The Morgan fingerprint density at radius 3 is 2.68 bits per heavy atom. The van der Waals surface area contributed by atoms with E-state index in [1.165, 1.54) is 24.4 Å². The lowest BCUT2D eigenvalue weighted by Gasteiger charge is -2.23. The first-order chi connectivity index (χ1) is 17.4. The van der Waals surface area contributed by atoms with Gasteiger partial charge in [-0.25, -0.2) is 14.2 Å². The molecule has 1 atom stereocenters. The highest BCUT2D eigenvalue weighted by atomic mass is 79.9. The monoisotopic (exact) mass is 576 g/mol. The van der Waals surface area contributed by atoms with Gasteiger partial charge in [0.15, 0.2) is 0 Å². The predicted molar refractivity (Wildman–Crippen MR) is 144 cm³/mol. The lowest BCUT2D eigenvalue weighted by molar-refractivity contribution is -0.384. The van der Waals surface area contributed by atoms with Crippen molar-refractivity contribution in [3.8, 4) is 5.75 Å². The van der Waals surface area contributed by atoms with Gasteiger partial charge in [0, 0.05) is 22.0 Å². The minimum atomic E-state index is -0.654. The van der Waals surface area contributed by atoms with E-state index in [4.69, 9.17) is 9.47 Å². The molecule has 2 aromatic carbocycles. The average molecular weight is 577 g/mol. The number of nitro groups is 1. The fourth-order valence-electron chi connectivity index (χ4n) is 3.65. The summed E-state index contributed by atoms with van der Waals surface area (Å²) in [5.41, 5.74) is 0.814. The number of unbranched alkanes of at least 4 members (excludes halogenated alkanes) is 1. The van der Waals surface area contributed by atoms with Crippen LogP contribution in [0, 0.1) is 15.9 Å². The zero-order valence-corrected chi connectivity index (χ0v) is 22.7. The van der Waals surface area contributed by atoms with Gasteiger partial charge in [0.2, 0.25) is 0 Å². The Bertz CT molecular complexity index is 1280. The number of rotatable bonds is 10. The lowest BCUT2D eigenvalue weighted by atomic mass is 10.1. The fraction of sp³-hybridized carbons (Fsp3) is 0.385. The third-order valence-electron chi connectivity index (χ3n) is 5.31. The molecule has 3 rings (SSSR count). The molecule has 0 aliphatic carbocycles. The molecule has 0 fully saturated rings. The second-order valence-electron chi connectivity index (χ2n) is 9.47. The molecule has 1 aromatic heterocycles. The summed E-state index contributed by atoms with van der Waals surface area (Å²) in [7, 11) is 0. The fourth-order valence-corrected chi connectivity index (χ4v) is 4.01. The second-order valence-corrected chi connectivity index (χ2v) is 10.4. The van der Waals surface area contributed by atoms with E-state index in [0.717, 1.165) is 4.47 Å². The Balaban J connectivity index is 1.58. The number of hydrogen-bond acceptors (Lipinski definition) is 7. The van der Waals surface area contributed by atoms with E-state index in [1.54, 1.807) is 39.8 Å². The number of alkyl carbamates (subject to hydrolysis) is 1. The number of nitrogens with one attached hydrogen (secondary N) is 2. The molecule has 3 aromatic rings. The third kappa shape index (κ3) is 8.01. The average Bonchev–Trinajstić information content (AvgIpc) is 2.80. The second kappa shape index (κ2) is 12.2. The van der Waals surface area contributed by atoms with E-state index in [0.29, 0.717) is 53.9 Å². The number of fused-ring (bicyclic) bond motifs is 1. The molecule has 0 spiro atoms. The number of hydrogen-bond donors (Lipinski definition) is 2. The molecule has 0 aliphatic rings. The van der Waals surface area contributed by atoms with Gasteiger partial charge in [-0.1, -0.05) is 15.9 Å². The highest BCUT2D eigenvalue weighted by Gasteiger charge is 2.21. The maximum absolute atomic E-state index is 13.9. The molecule has 0 radical (unpaired) electrons. The molecule has 0 unspecified atom stereocenters. The topological polar surface area (TPSA) is 116 Å². The van der Waals surface area contributed by atoms with Gasteiger partial charge in [0.25, 0.3) is 0 Å². The van der Waals surface area contributed by atoms with E-state index in [2.05, 4.69) is 31.5 Å². The summed E-state index contributed by atoms with van der Waals surface area (Å²) in [6, 6.07) is 9.03. The van der Waals surface area contributed by atoms with Crippen LogP contribution in [0.3, 0.4) is 0 Å². The van der Waals surface area contributed by atoms with Crippen molar-refractivity contribution in [2.75, 3.05) is 18.5 Å². The standard InChI is InChI=1S/C26H30BrFN4O5/c1-16(31-25(33)37-26(2,3)4)19-14-18(28)8-10-23(19)36-12-6-5-11-29-24-20-13-17(27)7-9-21(20)30-15-22(24)32(34)35/h7-10,13-16H,5-6,11-12H2,1-4H3,(H,29,30)(H,31,33)/t16-/m1/s1. The minimum absolute atomic E-state index is 0.0933. The Hall–Kier alpha value is -3.47. The Morgan fingerprint density at radius 1 is 1.22 bits per heavy atom. The molecule has 1 heterocycles. The Kier molecular flexibility index (Phi) is 9.25. The number of nitrogens with zero attached hydrogens (tertiary/aromatic N) is 2. The first kappa shape index (κ1) is 28.1. The van der Waals surface area contributed by atoms with Gasteiger partial charge >= 0.3 is 11.8 Å². The first-order valence-electron chi connectivity index (χ1n) is 11.8. The van der Waals surface area contributed by atoms with Crippen molar-refractivity contribution in [1.82, 2.24) is 10.3 Å². The van der Waals surface area contributed by atoms with Gasteiger partial charge in [-0.15, -0.1) is 0 Å². The van der Waals surface area contributed by atoms with Crippen LogP contribution in [0.25, 0.3) is 10.9 Å². The summed E-state index contributed by atoms with van der Waals surface area (Å²) in [4.78, 5) is 27.4. The quantitative estimate of drug-likeness (QED) is 0.153. The SMILES string of the molecule is C[C@@H](NC(=O)OC(C)(C)C)c1cc(F)ccc1OCCCCNc1c([N+](=O)[O-])cnc2ccc(Br)cc12. The molecule has 0 bridgehead atoms. The lowest BCUT2D eigenvalue weighted by Crippen LogP contribution is -2.34. The molecule has 1 amide bonds. The van der Waals surface area contributed by atoms with Crippen LogP contribution in [0.15, 0.2) is 47.1 Å². The predicted octanol–water partition coefficient (Wildman–Crippen LogP) is 6.90. The van der Waals surface area contributed by atoms with Crippen molar-refractivity contribution in [3.63, 3.8) is 0 Å². The zero-order valence-electron chi connectivity index (χ0n) is 21.1. The number of aromatic nitrogens is 1. The maximum Gasteiger partial charge on any atom is 0.408 e. The van der Waals surface area contributed by atoms with Crippen LogP contribution in [0.2, 0.25) is 0 Å². The number of benzene rings is 2. The number of ether oxygens (including phenoxy) is 2. The number of amides is 1. The van der Waals surface area contributed by atoms with E-state index in [9.17, 15) is 19.3 Å². The minimum Gasteiger partial charge on any atom is -0.493 e. The van der Waals surface area contributed by atoms with Crippen molar-refractivity contribution < 1.29 is 23.6 Å².